The minimum Gasteiger partial charge on any atom is -1.00 e. The van der Waals surface area contributed by atoms with Crippen LogP contribution in [0.25, 0.3) is 10.8 Å². The Bertz CT molecular complexity index is 1150. The Hall–Kier alpha value is -2.63. The molecule has 1 fully saturated rings. The van der Waals surface area contributed by atoms with Crippen LogP contribution in [-0.4, -0.2) is 41.1 Å². The van der Waals surface area contributed by atoms with E-state index in [-0.39, 0.29) is 12.4 Å². The molecule has 0 amide bonds. The predicted molar refractivity (Wildman–Crippen MR) is 120 cm³/mol. The van der Waals surface area contributed by atoms with Crippen LogP contribution in [0.4, 0.5) is 11.5 Å². The van der Waals surface area contributed by atoms with Crippen LogP contribution in [0.1, 0.15) is 30.9 Å². The molecule has 168 valence electrons. The Kier molecular flexibility index (Phi) is 7.42. The fraction of sp³-hybridized carbons (Fsp3) is 0.348. The van der Waals surface area contributed by atoms with Crippen molar-refractivity contribution in [3.05, 3.63) is 52.7 Å². The molecule has 0 radical (unpaired) electrons. The van der Waals surface area contributed by atoms with Crippen molar-refractivity contribution in [1.29, 1.82) is 5.26 Å². The van der Waals surface area contributed by atoms with E-state index >= 15 is 0 Å². The molecular formula is C23H25Cl2N5O2. The first kappa shape index (κ1) is 24.0. The number of nitrogens with two attached hydrogens (primary N) is 1. The van der Waals surface area contributed by atoms with Crippen LogP contribution in [0.3, 0.4) is 0 Å². The molecule has 9 heteroatoms. The summed E-state index contributed by atoms with van der Waals surface area (Å²) in [4.78, 5) is 2.22. The third kappa shape index (κ3) is 5.05. The van der Waals surface area contributed by atoms with Gasteiger partial charge in [0.1, 0.15) is 12.3 Å². The minimum atomic E-state index is -0.641. The average Bonchev–Trinajstić information content (AvgIpc) is 2.77. The number of nitrogens with zero attached hydrogens (tertiary/aromatic N) is 4. The monoisotopic (exact) mass is 473 g/mol. The lowest BCUT2D eigenvalue weighted by Crippen LogP contribution is -3.00. The first-order chi connectivity index (χ1) is 14.9. The number of methoxy groups -OCH3 is 1. The molecule has 2 heterocycles. The summed E-state index contributed by atoms with van der Waals surface area (Å²) in [5.41, 5.74) is 1.92. The van der Waals surface area contributed by atoms with Gasteiger partial charge in [-0.15, -0.1) is 0 Å². The highest BCUT2D eigenvalue weighted by Gasteiger charge is 2.28. The number of ether oxygens (including phenoxy) is 1. The molecule has 1 aliphatic heterocycles. The van der Waals surface area contributed by atoms with E-state index in [0.29, 0.717) is 35.7 Å². The van der Waals surface area contributed by atoms with Crippen LogP contribution in [0.2, 0.25) is 5.02 Å². The third-order valence-corrected chi connectivity index (χ3v) is 6.14. The van der Waals surface area contributed by atoms with Gasteiger partial charge in [-0.05, 0) is 50.1 Å². The number of halogens is 2. The van der Waals surface area contributed by atoms with Crippen LogP contribution in [0, 0.1) is 11.3 Å². The van der Waals surface area contributed by atoms with E-state index < -0.39 is 5.60 Å². The number of quaternary nitrogens is 1. The Morgan fingerprint density at radius 3 is 2.66 bits per heavy atom. The van der Waals surface area contributed by atoms with Crippen molar-refractivity contribution >= 4 is 33.9 Å². The zero-order valence-corrected chi connectivity index (χ0v) is 19.5. The lowest BCUT2D eigenvalue weighted by Gasteiger charge is -2.37. The molecular weight excluding hydrogens is 449 g/mol. The fourth-order valence-corrected chi connectivity index (χ4v) is 4.23. The van der Waals surface area contributed by atoms with Crippen molar-refractivity contribution in [3.8, 4) is 11.8 Å². The summed E-state index contributed by atoms with van der Waals surface area (Å²) in [6.45, 7) is 3.94. The van der Waals surface area contributed by atoms with E-state index in [1.165, 1.54) is 0 Å². The van der Waals surface area contributed by atoms with Crippen LogP contribution in [0.5, 0.6) is 5.75 Å². The summed E-state index contributed by atoms with van der Waals surface area (Å²) < 4.78 is 5.21. The second-order valence-corrected chi connectivity index (χ2v) is 8.57. The molecule has 3 N–H and O–H groups in total. The van der Waals surface area contributed by atoms with Gasteiger partial charge in [-0.1, -0.05) is 16.7 Å². The van der Waals surface area contributed by atoms with Crippen molar-refractivity contribution in [2.24, 2.45) is 0 Å². The first-order valence-corrected chi connectivity index (χ1v) is 10.6. The Balaban J connectivity index is 0.00000289. The number of hydrogen-bond acceptors (Lipinski definition) is 6. The van der Waals surface area contributed by atoms with Gasteiger partial charge in [-0.25, -0.2) is 0 Å². The van der Waals surface area contributed by atoms with Crippen molar-refractivity contribution < 1.29 is 27.6 Å². The van der Waals surface area contributed by atoms with Gasteiger partial charge in [-0.3, -0.25) is 5.32 Å². The van der Waals surface area contributed by atoms with Crippen molar-refractivity contribution in [2.75, 3.05) is 25.1 Å². The number of benzene rings is 2. The molecule has 3 aromatic rings. The van der Waals surface area contributed by atoms with E-state index in [0.717, 1.165) is 40.9 Å². The number of fused-ring (bicyclic) bond motifs is 1. The number of rotatable bonds is 5. The summed E-state index contributed by atoms with van der Waals surface area (Å²) in [7, 11) is 1.59. The van der Waals surface area contributed by atoms with Crippen LogP contribution < -0.4 is 27.4 Å². The molecule has 0 unspecified atom stereocenters. The molecule has 2 aromatic carbocycles. The normalized spacial score (nSPS) is 15.2. The molecule has 0 saturated carbocycles. The summed E-state index contributed by atoms with van der Waals surface area (Å²) >= 11 is 6.25. The van der Waals surface area contributed by atoms with Crippen molar-refractivity contribution in [1.82, 2.24) is 10.2 Å². The van der Waals surface area contributed by atoms with E-state index in [9.17, 15) is 10.4 Å². The largest absolute Gasteiger partial charge is 1.00 e. The smallest absolute Gasteiger partial charge is 0.252 e. The SMILES string of the molecule is COc1ccc(C[NH2+]c2nncc3c(N4CCC(C)(O)CC4)cc(C#N)cc23)cc1Cl.[Cl-]. The summed E-state index contributed by atoms with van der Waals surface area (Å²) in [6, 6.07) is 11.7. The standard InChI is InChI=1S/C23H24ClN5O2.ClH/c1-23(30)5-7-29(8-6-23)20-11-16(12-25)9-17-18(20)14-27-28-22(17)26-13-15-3-4-21(31-2)19(24)10-15;/h3-4,9-11,14,30H,5-8,13H2,1-2H3,(H,26,28);1H. The second kappa shape index (κ2) is 9.88. The predicted octanol–water partition coefficient (Wildman–Crippen LogP) is -0.0862. The molecule has 1 aliphatic rings. The maximum absolute atomic E-state index is 10.3. The lowest BCUT2D eigenvalue weighted by molar-refractivity contribution is -0.591. The van der Waals surface area contributed by atoms with E-state index in [1.807, 2.05) is 42.6 Å². The molecule has 0 bridgehead atoms. The number of aliphatic hydroxyl groups is 1. The van der Waals surface area contributed by atoms with E-state index in [2.05, 4.69) is 21.2 Å². The number of aromatic nitrogens is 2. The fourth-order valence-electron chi connectivity index (χ4n) is 3.95. The molecule has 7 nitrogen and oxygen atoms in total. The van der Waals surface area contributed by atoms with Crippen LogP contribution >= 0.6 is 11.6 Å². The van der Waals surface area contributed by atoms with E-state index in [1.54, 1.807) is 13.3 Å². The Morgan fingerprint density at radius 2 is 2.00 bits per heavy atom. The molecule has 4 rings (SSSR count). The highest BCUT2D eigenvalue weighted by atomic mass is 35.5. The van der Waals surface area contributed by atoms with Gasteiger partial charge in [-0.2, -0.15) is 10.4 Å². The molecule has 0 spiro atoms. The lowest BCUT2D eigenvalue weighted by atomic mass is 9.93. The Morgan fingerprint density at radius 1 is 1.25 bits per heavy atom. The van der Waals surface area contributed by atoms with Gasteiger partial charge < -0.3 is 27.2 Å². The van der Waals surface area contributed by atoms with Gasteiger partial charge in [0.25, 0.3) is 5.82 Å². The number of piperidine rings is 1. The number of nitriles is 1. The Labute approximate surface area is 198 Å². The second-order valence-electron chi connectivity index (χ2n) is 8.16. The van der Waals surface area contributed by atoms with Crippen molar-refractivity contribution in [2.45, 2.75) is 31.9 Å². The van der Waals surface area contributed by atoms with Gasteiger partial charge in [0, 0.05) is 29.7 Å². The zero-order valence-electron chi connectivity index (χ0n) is 18.0. The molecule has 0 atom stereocenters. The van der Waals surface area contributed by atoms with E-state index in [4.69, 9.17) is 16.3 Å². The molecule has 0 aliphatic carbocycles. The molecule has 1 saturated heterocycles. The maximum Gasteiger partial charge on any atom is 0.252 e. The minimum absolute atomic E-state index is 0. The number of hydrogen-bond donors (Lipinski definition) is 2. The quantitative estimate of drug-likeness (QED) is 0.537. The van der Waals surface area contributed by atoms with Gasteiger partial charge >= 0.3 is 0 Å². The summed E-state index contributed by atoms with van der Waals surface area (Å²) in [5.74, 6) is 1.37. The zero-order chi connectivity index (χ0) is 22.0. The van der Waals surface area contributed by atoms with Gasteiger partial charge in [0.2, 0.25) is 0 Å². The maximum atomic E-state index is 10.3. The highest BCUT2D eigenvalue weighted by molar-refractivity contribution is 6.32. The average molecular weight is 474 g/mol. The highest BCUT2D eigenvalue weighted by Crippen LogP contribution is 2.33. The van der Waals surface area contributed by atoms with Crippen molar-refractivity contribution in [3.63, 3.8) is 0 Å². The third-order valence-electron chi connectivity index (χ3n) is 5.84. The molecule has 1 aromatic heterocycles. The summed E-state index contributed by atoms with van der Waals surface area (Å²) in [6.07, 6.45) is 3.11. The van der Waals surface area contributed by atoms with Crippen LogP contribution in [-0.2, 0) is 6.54 Å². The number of anilines is 1. The first-order valence-electron chi connectivity index (χ1n) is 10.2. The molecule has 32 heavy (non-hydrogen) atoms. The topological polar surface area (TPSA) is 98.9 Å². The summed E-state index contributed by atoms with van der Waals surface area (Å²) in [5, 5.41) is 32.9. The van der Waals surface area contributed by atoms with Gasteiger partial charge in [0.15, 0.2) is 0 Å². The van der Waals surface area contributed by atoms with Crippen LogP contribution in [0.15, 0.2) is 36.5 Å². The van der Waals surface area contributed by atoms with Gasteiger partial charge in [0.05, 0.1) is 40.9 Å².